The van der Waals surface area contributed by atoms with E-state index < -0.39 is 17.5 Å². The molecule has 0 saturated heterocycles. The van der Waals surface area contributed by atoms with Crippen molar-refractivity contribution in [1.29, 1.82) is 0 Å². The number of ether oxygens (including phenoxy) is 6. The fourth-order valence-electron chi connectivity index (χ4n) is 6.26. The van der Waals surface area contributed by atoms with Crippen molar-refractivity contribution in [2.45, 2.75) is 11.5 Å². The summed E-state index contributed by atoms with van der Waals surface area (Å²) in [6.45, 7) is 0.308. The van der Waals surface area contributed by atoms with Crippen molar-refractivity contribution in [3.8, 4) is 23.0 Å². The minimum atomic E-state index is -0.750. The van der Waals surface area contributed by atoms with Gasteiger partial charge >= 0.3 is 5.97 Å². The molecule has 0 amide bonds. The lowest BCUT2D eigenvalue weighted by molar-refractivity contribution is -0.136. The molecule has 1 heterocycles. The lowest BCUT2D eigenvalue weighted by Gasteiger charge is -2.43. The van der Waals surface area contributed by atoms with Crippen LogP contribution in [0.15, 0.2) is 108 Å². The van der Waals surface area contributed by atoms with Gasteiger partial charge in [-0.25, -0.2) is 4.79 Å². The van der Waals surface area contributed by atoms with E-state index in [1.807, 2.05) is 91.0 Å². The first-order chi connectivity index (χ1) is 21.5. The van der Waals surface area contributed by atoms with Crippen molar-refractivity contribution < 1.29 is 33.2 Å². The van der Waals surface area contributed by atoms with Crippen LogP contribution in [-0.4, -0.2) is 48.1 Å². The fourth-order valence-corrected chi connectivity index (χ4v) is 6.26. The highest BCUT2D eigenvalue weighted by atomic mass is 16.5. The molecule has 6 rings (SSSR count). The monoisotopic (exact) mass is 590 g/mol. The van der Waals surface area contributed by atoms with Crippen LogP contribution in [0.4, 0.5) is 0 Å². The maximum atomic E-state index is 13.9. The van der Waals surface area contributed by atoms with E-state index in [4.69, 9.17) is 28.4 Å². The molecule has 0 bridgehead atoms. The summed E-state index contributed by atoms with van der Waals surface area (Å²) in [6.07, 6.45) is 1.61. The van der Waals surface area contributed by atoms with E-state index in [2.05, 4.69) is 6.08 Å². The van der Waals surface area contributed by atoms with Gasteiger partial charge in [0.25, 0.3) is 0 Å². The Hall–Kier alpha value is -5.01. The van der Waals surface area contributed by atoms with Gasteiger partial charge in [0.05, 0.1) is 53.1 Å². The summed E-state index contributed by atoms with van der Waals surface area (Å²) in [5, 5.41) is 0. The Morgan fingerprint density at radius 1 is 0.727 bits per heavy atom. The number of carbonyl (C=O) groups is 1. The number of benzene rings is 4. The first-order valence-corrected chi connectivity index (χ1v) is 14.3. The zero-order valence-corrected chi connectivity index (χ0v) is 25.4. The molecule has 0 radical (unpaired) electrons. The summed E-state index contributed by atoms with van der Waals surface area (Å²) in [5.74, 6) is 2.16. The van der Waals surface area contributed by atoms with E-state index >= 15 is 0 Å². The predicted molar refractivity (Wildman–Crippen MR) is 168 cm³/mol. The third-order valence-electron chi connectivity index (χ3n) is 8.47. The quantitative estimate of drug-likeness (QED) is 0.212. The number of esters is 1. The Morgan fingerprint density at radius 2 is 1.30 bits per heavy atom. The molecule has 1 atom stereocenters. The zero-order chi connectivity index (χ0) is 30.8. The number of fused-ring (bicyclic) bond motifs is 3. The molecule has 0 aromatic heterocycles. The zero-order valence-electron chi connectivity index (χ0n) is 25.4. The Morgan fingerprint density at radius 3 is 1.82 bits per heavy atom. The smallest absolute Gasteiger partial charge is 0.338 e. The average molecular weight is 591 g/mol. The van der Waals surface area contributed by atoms with Gasteiger partial charge in [0, 0.05) is 5.57 Å². The highest BCUT2D eigenvalue weighted by Gasteiger charge is 2.45. The van der Waals surface area contributed by atoms with Crippen molar-refractivity contribution in [1.82, 2.24) is 0 Å². The molecule has 0 spiro atoms. The number of hydrogen-bond acceptors (Lipinski definition) is 7. The second-order valence-corrected chi connectivity index (χ2v) is 10.6. The van der Waals surface area contributed by atoms with Gasteiger partial charge in [-0.05, 0) is 69.8 Å². The molecule has 2 aliphatic rings. The summed E-state index contributed by atoms with van der Waals surface area (Å²) in [4.78, 5) is 13.9. The summed E-state index contributed by atoms with van der Waals surface area (Å²) in [6, 6.07) is 29.6. The number of hydrogen-bond donors (Lipinski definition) is 0. The van der Waals surface area contributed by atoms with E-state index in [1.165, 1.54) is 7.11 Å². The standard InChI is InChI=1S/C37H34O7/c1-39-26-15-11-24(12-16-26)37(25-13-17-27(40-2)18-14-25)21-30-34(36(38)43-5)33(23-9-7-6-8-10-23)28-19-31(41-3)32(42-4)20-29(28)35(30)44-22-37/h6-21,35H,22H2,1-5H3. The van der Waals surface area contributed by atoms with E-state index in [1.54, 1.807) is 28.4 Å². The van der Waals surface area contributed by atoms with Crippen molar-refractivity contribution in [2.24, 2.45) is 0 Å². The van der Waals surface area contributed by atoms with Gasteiger partial charge in [-0.3, -0.25) is 0 Å². The number of methoxy groups -OCH3 is 5. The minimum Gasteiger partial charge on any atom is -0.497 e. The van der Waals surface area contributed by atoms with Crippen LogP contribution in [0.5, 0.6) is 23.0 Å². The molecule has 1 aliphatic carbocycles. The van der Waals surface area contributed by atoms with Crippen molar-refractivity contribution in [3.63, 3.8) is 0 Å². The van der Waals surface area contributed by atoms with E-state index in [-0.39, 0.29) is 0 Å². The highest BCUT2D eigenvalue weighted by Crippen LogP contribution is 2.53. The molecule has 1 aliphatic heterocycles. The fraction of sp³-hybridized carbons (Fsp3) is 0.216. The predicted octanol–water partition coefficient (Wildman–Crippen LogP) is 6.69. The summed E-state index contributed by atoms with van der Waals surface area (Å²) < 4.78 is 34.7. The molecule has 224 valence electrons. The molecule has 4 aromatic carbocycles. The Kier molecular flexibility index (Phi) is 7.89. The van der Waals surface area contributed by atoms with Crippen LogP contribution >= 0.6 is 0 Å². The van der Waals surface area contributed by atoms with E-state index in [9.17, 15) is 4.79 Å². The topological polar surface area (TPSA) is 72.5 Å². The molecular formula is C37H34O7. The van der Waals surface area contributed by atoms with Gasteiger partial charge < -0.3 is 28.4 Å². The maximum Gasteiger partial charge on any atom is 0.338 e. The lowest BCUT2D eigenvalue weighted by Crippen LogP contribution is -2.39. The van der Waals surface area contributed by atoms with E-state index in [0.29, 0.717) is 29.3 Å². The second-order valence-electron chi connectivity index (χ2n) is 10.6. The van der Waals surface area contributed by atoms with Crippen LogP contribution in [0.2, 0.25) is 0 Å². The van der Waals surface area contributed by atoms with Gasteiger partial charge in [-0.2, -0.15) is 0 Å². The largest absolute Gasteiger partial charge is 0.497 e. The molecule has 7 heteroatoms. The summed E-state index contributed by atoms with van der Waals surface area (Å²) >= 11 is 0. The molecule has 0 fully saturated rings. The van der Waals surface area contributed by atoms with E-state index in [0.717, 1.165) is 44.9 Å². The van der Waals surface area contributed by atoms with Crippen LogP contribution < -0.4 is 18.9 Å². The molecular weight excluding hydrogens is 556 g/mol. The van der Waals surface area contributed by atoms with Crippen molar-refractivity contribution in [2.75, 3.05) is 42.2 Å². The molecule has 0 saturated carbocycles. The Bertz CT molecular complexity index is 1690. The second kappa shape index (κ2) is 11.9. The van der Waals surface area contributed by atoms with Gasteiger partial charge in [-0.15, -0.1) is 0 Å². The summed E-state index contributed by atoms with van der Waals surface area (Å²) in [5.41, 5.74) is 5.67. The number of rotatable bonds is 8. The normalized spacial score (nSPS) is 16.7. The SMILES string of the molecule is COC(=O)C1=C(c2ccccc2)c2cc(OC)c(OC)cc2C2OCC(c3ccc(OC)cc3)(c3ccc(OC)cc3)C=C12. The highest BCUT2D eigenvalue weighted by molar-refractivity contribution is 6.08. The third kappa shape index (κ3) is 4.79. The van der Waals surface area contributed by atoms with Crippen LogP contribution in [0, 0.1) is 0 Å². The number of carbonyl (C=O) groups excluding carboxylic acids is 1. The Balaban J connectivity index is 1.70. The molecule has 44 heavy (non-hydrogen) atoms. The minimum absolute atomic E-state index is 0.308. The van der Waals surface area contributed by atoms with Crippen LogP contribution in [-0.2, 0) is 19.7 Å². The van der Waals surface area contributed by atoms with Crippen LogP contribution in [0.1, 0.15) is 33.9 Å². The lowest BCUT2D eigenvalue weighted by atomic mass is 9.68. The van der Waals surface area contributed by atoms with Gasteiger partial charge in [0.2, 0.25) is 0 Å². The van der Waals surface area contributed by atoms with Crippen molar-refractivity contribution in [3.05, 3.63) is 136 Å². The summed E-state index contributed by atoms with van der Waals surface area (Å²) in [7, 11) is 7.90. The third-order valence-corrected chi connectivity index (χ3v) is 8.47. The van der Waals surface area contributed by atoms with Crippen LogP contribution in [0.3, 0.4) is 0 Å². The maximum absolute atomic E-state index is 13.9. The molecule has 1 unspecified atom stereocenters. The van der Waals surface area contributed by atoms with Gasteiger partial charge in [0.15, 0.2) is 11.5 Å². The molecule has 4 aromatic rings. The van der Waals surface area contributed by atoms with Gasteiger partial charge in [0.1, 0.15) is 17.6 Å². The molecule has 7 nitrogen and oxygen atoms in total. The Labute approximate surface area is 257 Å². The average Bonchev–Trinajstić information content (AvgIpc) is 3.10. The molecule has 0 N–H and O–H groups in total. The first-order valence-electron chi connectivity index (χ1n) is 14.3. The first kappa shape index (κ1) is 29.1. The van der Waals surface area contributed by atoms with Crippen molar-refractivity contribution >= 4 is 11.5 Å². The van der Waals surface area contributed by atoms with Crippen LogP contribution in [0.25, 0.3) is 5.57 Å². The van der Waals surface area contributed by atoms with Gasteiger partial charge in [-0.1, -0.05) is 60.7 Å².